The Kier molecular flexibility index (Phi) is 6.37. The molecule has 1 aliphatic rings. The van der Waals surface area contributed by atoms with Crippen LogP contribution in [0.3, 0.4) is 0 Å². The number of anilines is 1. The zero-order valence-electron chi connectivity index (χ0n) is 19.1. The van der Waals surface area contributed by atoms with Gasteiger partial charge in [-0.05, 0) is 73.9 Å². The normalized spacial score (nSPS) is 14.2. The molecule has 4 aromatic rings. The predicted octanol–water partition coefficient (Wildman–Crippen LogP) is 4.98. The fourth-order valence-corrected chi connectivity index (χ4v) is 4.33. The number of nitrogens with one attached hydrogen (secondary N) is 1. The van der Waals surface area contributed by atoms with Gasteiger partial charge in [-0.2, -0.15) is 5.10 Å². The summed E-state index contributed by atoms with van der Waals surface area (Å²) in [4.78, 5) is 32.0. The molecule has 0 saturated carbocycles. The first kappa shape index (κ1) is 22.9. The molecular formula is C26H24ClN5O3. The monoisotopic (exact) mass is 489 g/mol. The molecular weight excluding hydrogens is 466 g/mol. The molecule has 4 heterocycles. The van der Waals surface area contributed by atoms with Crippen LogP contribution in [0, 0.1) is 12.8 Å². The fraction of sp³-hybridized carbons (Fsp3) is 0.231. The van der Waals surface area contributed by atoms with Crippen LogP contribution < -0.4 is 5.32 Å². The van der Waals surface area contributed by atoms with Crippen LogP contribution in [0.5, 0.6) is 0 Å². The Morgan fingerprint density at radius 2 is 1.86 bits per heavy atom. The van der Waals surface area contributed by atoms with Crippen LogP contribution >= 0.6 is 11.6 Å². The zero-order chi connectivity index (χ0) is 24.4. The molecule has 0 bridgehead atoms. The summed E-state index contributed by atoms with van der Waals surface area (Å²) >= 11 is 6.04. The number of hydrogen-bond acceptors (Lipinski definition) is 5. The Hall–Kier alpha value is -3.91. The van der Waals surface area contributed by atoms with E-state index in [0.717, 1.165) is 11.3 Å². The molecule has 2 amide bonds. The molecule has 8 nitrogen and oxygen atoms in total. The molecule has 1 fully saturated rings. The van der Waals surface area contributed by atoms with E-state index in [0.29, 0.717) is 53.9 Å². The van der Waals surface area contributed by atoms with Gasteiger partial charge in [0.2, 0.25) is 5.91 Å². The van der Waals surface area contributed by atoms with Crippen molar-refractivity contribution in [3.63, 3.8) is 0 Å². The minimum absolute atomic E-state index is 0.0673. The van der Waals surface area contributed by atoms with Crippen molar-refractivity contribution in [2.24, 2.45) is 5.92 Å². The van der Waals surface area contributed by atoms with Gasteiger partial charge in [-0.1, -0.05) is 11.6 Å². The standard InChI is InChI=1S/C26H24ClN5O3/c1-17-8-11-28-24(15-17)29-25(33)18-9-12-31(13-10-18)26(34)21-16-22(23-3-2-14-35-23)32(30-21)20-6-4-19(27)5-7-20/h2-8,11,14-16,18H,9-10,12-13H2,1H3,(H,28,29,33). The SMILES string of the molecule is Cc1ccnc(NC(=O)C2CCN(C(=O)c3cc(-c4ccco4)n(-c4ccc(Cl)cc4)n3)CC2)c1. The van der Waals surface area contributed by atoms with E-state index in [1.807, 2.05) is 37.3 Å². The van der Waals surface area contributed by atoms with Crippen LogP contribution in [0.15, 0.2) is 71.5 Å². The number of carbonyl (C=O) groups is 2. The number of benzene rings is 1. The molecule has 9 heteroatoms. The molecule has 1 aliphatic heterocycles. The summed E-state index contributed by atoms with van der Waals surface area (Å²) in [5, 5.41) is 8.09. The summed E-state index contributed by atoms with van der Waals surface area (Å²) in [6.45, 7) is 2.90. The first-order valence-corrected chi connectivity index (χ1v) is 11.8. The average Bonchev–Trinajstić information content (AvgIpc) is 3.55. The lowest BCUT2D eigenvalue weighted by atomic mass is 9.95. The number of halogens is 1. The third-order valence-corrected chi connectivity index (χ3v) is 6.34. The summed E-state index contributed by atoms with van der Waals surface area (Å²) in [6, 6.07) is 16.3. The topological polar surface area (TPSA) is 93.3 Å². The maximum absolute atomic E-state index is 13.3. The van der Waals surface area contributed by atoms with Crippen LogP contribution in [-0.4, -0.2) is 44.6 Å². The second kappa shape index (κ2) is 9.76. The third-order valence-electron chi connectivity index (χ3n) is 6.09. The molecule has 178 valence electrons. The minimum Gasteiger partial charge on any atom is -0.463 e. The number of pyridine rings is 1. The van der Waals surface area contributed by atoms with E-state index in [1.54, 1.807) is 46.3 Å². The second-order valence-electron chi connectivity index (χ2n) is 8.55. The summed E-state index contributed by atoms with van der Waals surface area (Å²) < 4.78 is 7.26. The summed E-state index contributed by atoms with van der Waals surface area (Å²) in [5.41, 5.74) is 2.78. The number of carbonyl (C=O) groups excluding carboxylic acids is 2. The molecule has 3 aromatic heterocycles. The molecule has 0 radical (unpaired) electrons. The number of amides is 2. The van der Waals surface area contributed by atoms with Gasteiger partial charge in [0.1, 0.15) is 11.5 Å². The number of furan rings is 1. The zero-order valence-corrected chi connectivity index (χ0v) is 19.9. The lowest BCUT2D eigenvalue weighted by Crippen LogP contribution is -2.41. The minimum atomic E-state index is -0.176. The maximum Gasteiger partial charge on any atom is 0.274 e. The molecule has 35 heavy (non-hydrogen) atoms. The van der Waals surface area contributed by atoms with Gasteiger partial charge in [0.15, 0.2) is 11.5 Å². The molecule has 5 rings (SSSR count). The van der Waals surface area contributed by atoms with Crippen molar-refractivity contribution in [3.8, 4) is 17.1 Å². The van der Waals surface area contributed by atoms with Crippen molar-refractivity contribution < 1.29 is 14.0 Å². The Morgan fingerprint density at radius 3 is 2.54 bits per heavy atom. The van der Waals surface area contributed by atoms with Crippen LogP contribution in [0.25, 0.3) is 17.1 Å². The number of rotatable bonds is 5. The van der Waals surface area contributed by atoms with Crippen molar-refractivity contribution >= 4 is 29.2 Å². The lowest BCUT2D eigenvalue weighted by Gasteiger charge is -2.30. The quantitative estimate of drug-likeness (QED) is 0.426. The van der Waals surface area contributed by atoms with Crippen LogP contribution in [0.1, 0.15) is 28.9 Å². The van der Waals surface area contributed by atoms with Crippen LogP contribution in [0.4, 0.5) is 5.82 Å². The van der Waals surface area contributed by atoms with Crippen molar-refractivity contribution in [1.82, 2.24) is 19.7 Å². The largest absolute Gasteiger partial charge is 0.463 e. The number of nitrogens with zero attached hydrogens (tertiary/aromatic N) is 4. The number of aryl methyl sites for hydroxylation is 1. The Balaban J connectivity index is 1.30. The van der Waals surface area contributed by atoms with Crippen molar-refractivity contribution in [1.29, 1.82) is 0 Å². The Labute approximate surface area is 207 Å². The molecule has 0 spiro atoms. The smallest absolute Gasteiger partial charge is 0.274 e. The van der Waals surface area contributed by atoms with Gasteiger partial charge in [-0.15, -0.1) is 0 Å². The van der Waals surface area contributed by atoms with Gasteiger partial charge in [0, 0.05) is 36.3 Å². The third kappa shape index (κ3) is 4.97. The van der Waals surface area contributed by atoms with E-state index in [1.165, 1.54) is 0 Å². The second-order valence-corrected chi connectivity index (χ2v) is 8.99. The molecule has 1 saturated heterocycles. The van der Waals surface area contributed by atoms with E-state index >= 15 is 0 Å². The van der Waals surface area contributed by atoms with Gasteiger partial charge < -0.3 is 14.6 Å². The first-order valence-electron chi connectivity index (χ1n) is 11.4. The Bertz CT molecular complexity index is 1340. The highest BCUT2D eigenvalue weighted by atomic mass is 35.5. The van der Waals surface area contributed by atoms with Gasteiger partial charge in [-0.3, -0.25) is 9.59 Å². The lowest BCUT2D eigenvalue weighted by molar-refractivity contribution is -0.121. The Morgan fingerprint density at radius 1 is 1.09 bits per heavy atom. The first-order chi connectivity index (χ1) is 17.0. The van der Waals surface area contributed by atoms with Gasteiger partial charge in [0.05, 0.1) is 12.0 Å². The number of likely N-dealkylation sites (tertiary alicyclic amines) is 1. The van der Waals surface area contributed by atoms with E-state index < -0.39 is 0 Å². The van der Waals surface area contributed by atoms with E-state index in [4.69, 9.17) is 16.0 Å². The van der Waals surface area contributed by atoms with Crippen LogP contribution in [-0.2, 0) is 4.79 Å². The highest BCUT2D eigenvalue weighted by molar-refractivity contribution is 6.30. The van der Waals surface area contributed by atoms with Gasteiger partial charge in [0.25, 0.3) is 5.91 Å². The van der Waals surface area contributed by atoms with Crippen LogP contribution in [0.2, 0.25) is 5.02 Å². The van der Waals surface area contributed by atoms with Gasteiger partial charge in [-0.25, -0.2) is 9.67 Å². The summed E-state index contributed by atoms with van der Waals surface area (Å²) in [6.07, 6.45) is 4.41. The van der Waals surface area contributed by atoms with E-state index in [2.05, 4.69) is 15.4 Å². The van der Waals surface area contributed by atoms with Gasteiger partial charge >= 0.3 is 0 Å². The summed E-state index contributed by atoms with van der Waals surface area (Å²) in [5.74, 6) is 0.733. The molecule has 1 aromatic carbocycles. The molecule has 0 aliphatic carbocycles. The molecule has 0 unspecified atom stereocenters. The highest BCUT2D eigenvalue weighted by Crippen LogP contribution is 2.27. The number of hydrogen-bond donors (Lipinski definition) is 1. The van der Waals surface area contributed by atoms with E-state index in [-0.39, 0.29) is 17.7 Å². The molecule has 1 N–H and O–H groups in total. The number of piperidine rings is 1. The van der Waals surface area contributed by atoms with Crippen molar-refractivity contribution in [2.75, 3.05) is 18.4 Å². The average molecular weight is 490 g/mol. The summed E-state index contributed by atoms with van der Waals surface area (Å²) in [7, 11) is 0. The molecule has 0 atom stereocenters. The predicted molar refractivity (Wildman–Crippen MR) is 133 cm³/mol. The van der Waals surface area contributed by atoms with E-state index in [9.17, 15) is 9.59 Å². The fourth-order valence-electron chi connectivity index (χ4n) is 4.20. The van der Waals surface area contributed by atoms with Crippen molar-refractivity contribution in [2.45, 2.75) is 19.8 Å². The van der Waals surface area contributed by atoms with Crippen molar-refractivity contribution in [3.05, 3.63) is 83.3 Å². The maximum atomic E-state index is 13.3. The number of aromatic nitrogens is 3. The highest BCUT2D eigenvalue weighted by Gasteiger charge is 2.30.